The number of benzene rings is 1. The SMILES string of the molecule is CN(CCS(C)(=O)=O)c1ccc(C(N)=S)cc1Br. The standard InChI is InChI=1S/C11H15BrN2O2S2/c1-14(5-6-18(2,15)16)10-4-3-8(11(13)17)7-9(10)12/h3-4,7H,5-6H2,1-2H3,(H2,13,17). The zero-order valence-electron chi connectivity index (χ0n) is 10.2. The molecule has 4 nitrogen and oxygen atoms in total. The van der Waals surface area contributed by atoms with Gasteiger partial charge in [-0.15, -0.1) is 0 Å². The summed E-state index contributed by atoms with van der Waals surface area (Å²) in [5, 5.41) is 0. The molecule has 0 aliphatic rings. The fraction of sp³-hybridized carbons (Fsp3) is 0.364. The van der Waals surface area contributed by atoms with Crippen molar-refractivity contribution in [3.05, 3.63) is 28.2 Å². The van der Waals surface area contributed by atoms with Gasteiger partial charge >= 0.3 is 0 Å². The van der Waals surface area contributed by atoms with Crippen LogP contribution >= 0.6 is 28.1 Å². The molecule has 7 heteroatoms. The molecule has 0 aliphatic heterocycles. The van der Waals surface area contributed by atoms with Crippen molar-refractivity contribution in [2.75, 3.05) is 30.5 Å². The summed E-state index contributed by atoms with van der Waals surface area (Å²) in [6, 6.07) is 5.51. The molecule has 1 aromatic carbocycles. The van der Waals surface area contributed by atoms with E-state index in [1.54, 1.807) is 0 Å². The maximum atomic E-state index is 11.1. The van der Waals surface area contributed by atoms with Crippen LogP contribution in [-0.2, 0) is 9.84 Å². The van der Waals surface area contributed by atoms with Crippen molar-refractivity contribution >= 4 is 48.7 Å². The highest BCUT2D eigenvalue weighted by atomic mass is 79.9. The molecular weight excluding hydrogens is 336 g/mol. The molecule has 1 rings (SSSR count). The van der Waals surface area contributed by atoms with Crippen LogP contribution in [0.25, 0.3) is 0 Å². The molecule has 2 N–H and O–H groups in total. The highest BCUT2D eigenvalue weighted by Gasteiger charge is 2.10. The minimum absolute atomic E-state index is 0.118. The lowest BCUT2D eigenvalue weighted by Crippen LogP contribution is -2.25. The van der Waals surface area contributed by atoms with E-state index in [1.807, 2.05) is 30.1 Å². The van der Waals surface area contributed by atoms with E-state index in [0.29, 0.717) is 11.5 Å². The number of thiocarbonyl (C=S) groups is 1. The summed E-state index contributed by atoms with van der Waals surface area (Å²) in [5.74, 6) is 0.118. The van der Waals surface area contributed by atoms with Crippen molar-refractivity contribution in [1.82, 2.24) is 0 Å². The maximum Gasteiger partial charge on any atom is 0.149 e. The number of nitrogens with two attached hydrogens (primary N) is 1. The summed E-state index contributed by atoms with van der Waals surface area (Å²) < 4.78 is 23.1. The lowest BCUT2D eigenvalue weighted by molar-refractivity contribution is 0.601. The zero-order valence-corrected chi connectivity index (χ0v) is 13.4. The Balaban J connectivity index is 2.87. The number of sulfone groups is 1. The molecule has 0 bridgehead atoms. The first kappa shape index (κ1) is 15.4. The molecule has 0 saturated carbocycles. The Hall–Kier alpha value is -0.660. The first-order valence-electron chi connectivity index (χ1n) is 5.19. The van der Waals surface area contributed by atoms with Crippen molar-refractivity contribution in [3.63, 3.8) is 0 Å². The molecule has 0 unspecified atom stereocenters. The van der Waals surface area contributed by atoms with E-state index in [4.69, 9.17) is 18.0 Å². The van der Waals surface area contributed by atoms with Crippen LogP contribution in [0.1, 0.15) is 5.56 Å². The highest BCUT2D eigenvalue weighted by Crippen LogP contribution is 2.26. The van der Waals surface area contributed by atoms with Crippen molar-refractivity contribution in [1.29, 1.82) is 0 Å². The molecule has 100 valence electrons. The molecule has 0 spiro atoms. The number of anilines is 1. The van der Waals surface area contributed by atoms with Crippen LogP contribution in [-0.4, -0.2) is 39.0 Å². The molecule has 0 heterocycles. The van der Waals surface area contributed by atoms with Gasteiger partial charge in [0.05, 0.1) is 11.4 Å². The number of halogens is 1. The van der Waals surface area contributed by atoms with Gasteiger partial charge in [-0.25, -0.2) is 8.42 Å². The topological polar surface area (TPSA) is 63.4 Å². The predicted molar refractivity (Wildman–Crippen MR) is 83.0 cm³/mol. The van der Waals surface area contributed by atoms with Crippen molar-refractivity contribution in [2.45, 2.75) is 0 Å². The Morgan fingerprint density at radius 2 is 2.11 bits per heavy atom. The van der Waals surface area contributed by atoms with Gasteiger partial charge in [0.1, 0.15) is 14.8 Å². The Morgan fingerprint density at radius 3 is 2.56 bits per heavy atom. The van der Waals surface area contributed by atoms with Gasteiger partial charge in [0.2, 0.25) is 0 Å². The Kier molecular flexibility index (Phi) is 5.12. The van der Waals surface area contributed by atoms with E-state index in [-0.39, 0.29) is 5.75 Å². The van der Waals surface area contributed by atoms with E-state index < -0.39 is 9.84 Å². The molecule has 0 saturated heterocycles. The van der Waals surface area contributed by atoms with Gasteiger partial charge < -0.3 is 10.6 Å². The van der Waals surface area contributed by atoms with Gasteiger partial charge in [-0.2, -0.15) is 0 Å². The molecule has 1 aromatic rings. The monoisotopic (exact) mass is 350 g/mol. The van der Waals surface area contributed by atoms with Gasteiger partial charge in [0.25, 0.3) is 0 Å². The Labute approximate surface area is 121 Å². The molecular formula is C11H15BrN2O2S2. The van der Waals surface area contributed by atoms with Gasteiger partial charge in [-0.1, -0.05) is 12.2 Å². The van der Waals surface area contributed by atoms with E-state index in [0.717, 1.165) is 15.7 Å². The van der Waals surface area contributed by atoms with Crippen molar-refractivity contribution in [3.8, 4) is 0 Å². The predicted octanol–water partition coefficient (Wildman–Crippen LogP) is 1.56. The third kappa shape index (κ3) is 4.55. The average Bonchev–Trinajstić information content (AvgIpc) is 2.24. The number of hydrogen-bond donors (Lipinski definition) is 1. The summed E-state index contributed by atoms with van der Waals surface area (Å²) in [5.41, 5.74) is 7.22. The van der Waals surface area contributed by atoms with Crippen LogP contribution in [0.2, 0.25) is 0 Å². The molecule has 0 radical (unpaired) electrons. The molecule has 0 aromatic heterocycles. The third-order valence-corrected chi connectivity index (χ3v) is 4.24. The quantitative estimate of drug-likeness (QED) is 0.816. The first-order chi connectivity index (χ1) is 8.20. The van der Waals surface area contributed by atoms with Crippen LogP contribution in [0, 0.1) is 0 Å². The summed E-state index contributed by atoms with van der Waals surface area (Å²) >= 11 is 8.32. The van der Waals surface area contributed by atoms with Crippen LogP contribution < -0.4 is 10.6 Å². The highest BCUT2D eigenvalue weighted by molar-refractivity contribution is 9.10. The number of nitrogens with zero attached hydrogens (tertiary/aromatic N) is 1. The van der Waals surface area contributed by atoms with Crippen molar-refractivity contribution in [2.24, 2.45) is 5.73 Å². The second-order valence-corrected chi connectivity index (χ2v) is 7.64. The normalized spacial score (nSPS) is 11.3. The third-order valence-electron chi connectivity index (χ3n) is 2.44. The Bertz CT molecular complexity index is 558. The van der Waals surface area contributed by atoms with E-state index in [9.17, 15) is 8.42 Å². The Morgan fingerprint density at radius 1 is 1.50 bits per heavy atom. The molecule has 0 atom stereocenters. The second-order valence-electron chi connectivity index (χ2n) is 4.08. The average molecular weight is 351 g/mol. The van der Waals surface area contributed by atoms with Crippen LogP contribution in [0.3, 0.4) is 0 Å². The maximum absolute atomic E-state index is 11.1. The summed E-state index contributed by atoms with van der Waals surface area (Å²) in [6.45, 7) is 0.434. The summed E-state index contributed by atoms with van der Waals surface area (Å²) in [7, 11) is -1.12. The van der Waals surface area contributed by atoms with Crippen LogP contribution in [0.15, 0.2) is 22.7 Å². The van der Waals surface area contributed by atoms with Crippen molar-refractivity contribution < 1.29 is 8.42 Å². The van der Waals surface area contributed by atoms with E-state index in [1.165, 1.54) is 6.26 Å². The second kappa shape index (κ2) is 5.99. The van der Waals surface area contributed by atoms with Gasteiger partial charge in [0.15, 0.2) is 0 Å². The molecule has 18 heavy (non-hydrogen) atoms. The fourth-order valence-electron chi connectivity index (χ4n) is 1.39. The molecule has 0 amide bonds. The lowest BCUT2D eigenvalue weighted by Gasteiger charge is -2.20. The first-order valence-corrected chi connectivity index (χ1v) is 8.45. The van der Waals surface area contributed by atoms with E-state index in [2.05, 4.69) is 15.9 Å². The number of rotatable bonds is 5. The van der Waals surface area contributed by atoms with Gasteiger partial charge in [-0.05, 0) is 34.1 Å². The van der Waals surface area contributed by atoms with E-state index >= 15 is 0 Å². The largest absolute Gasteiger partial charge is 0.389 e. The minimum Gasteiger partial charge on any atom is -0.389 e. The van der Waals surface area contributed by atoms with Crippen LogP contribution in [0.5, 0.6) is 0 Å². The number of hydrogen-bond acceptors (Lipinski definition) is 4. The fourth-order valence-corrected chi connectivity index (χ4v) is 2.81. The molecule has 0 aliphatic carbocycles. The molecule has 0 fully saturated rings. The minimum atomic E-state index is -2.96. The van der Waals surface area contributed by atoms with Crippen LogP contribution in [0.4, 0.5) is 5.69 Å². The lowest BCUT2D eigenvalue weighted by atomic mass is 10.2. The summed E-state index contributed by atoms with van der Waals surface area (Å²) in [6.07, 6.45) is 1.23. The summed E-state index contributed by atoms with van der Waals surface area (Å²) in [4.78, 5) is 2.20. The van der Waals surface area contributed by atoms with Gasteiger partial charge in [0, 0.05) is 29.9 Å². The zero-order chi connectivity index (χ0) is 13.9. The van der Waals surface area contributed by atoms with Gasteiger partial charge in [-0.3, -0.25) is 0 Å². The smallest absolute Gasteiger partial charge is 0.149 e.